The summed E-state index contributed by atoms with van der Waals surface area (Å²) >= 11 is 0. The molecule has 0 spiro atoms. The lowest BCUT2D eigenvalue weighted by molar-refractivity contribution is 0.0527. The molecular weight excluding hydrogens is 252 g/mol. The lowest BCUT2D eigenvalue weighted by Crippen LogP contribution is -2.38. The third-order valence-electron chi connectivity index (χ3n) is 4.05. The van der Waals surface area contributed by atoms with Gasteiger partial charge in [-0.1, -0.05) is 13.8 Å². The van der Waals surface area contributed by atoms with Crippen molar-refractivity contribution < 1.29 is 9.53 Å². The van der Waals surface area contributed by atoms with E-state index in [2.05, 4.69) is 24.5 Å². The van der Waals surface area contributed by atoms with E-state index >= 15 is 0 Å². The van der Waals surface area contributed by atoms with Gasteiger partial charge in [0.2, 0.25) is 0 Å². The molecule has 1 amide bonds. The quantitative estimate of drug-likeness (QED) is 0.761. The molecule has 3 atom stereocenters. The average molecular weight is 284 g/mol. The standard InChI is InChI=1S/C16H32N2O2/c1-12-7-8-14(11-13(12)2)17-9-6-10-18-15(19)20-16(3,4)5/h12-14,17H,6-11H2,1-5H3,(H,18,19)/t12-,13-,14+/m1/s1. The van der Waals surface area contributed by atoms with Crippen LogP contribution in [0.3, 0.4) is 0 Å². The largest absolute Gasteiger partial charge is 0.444 e. The van der Waals surface area contributed by atoms with Gasteiger partial charge < -0.3 is 15.4 Å². The lowest BCUT2D eigenvalue weighted by atomic mass is 9.79. The highest BCUT2D eigenvalue weighted by molar-refractivity contribution is 5.67. The van der Waals surface area contributed by atoms with E-state index in [1.165, 1.54) is 19.3 Å². The zero-order valence-corrected chi connectivity index (χ0v) is 13.8. The van der Waals surface area contributed by atoms with Gasteiger partial charge in [0.25, 0.3) is 0 Å². The summed E-state index contributed by atoms with van der Waals surface area (Å²) in [5, 5.41) is 6.39. The molecular formula is C16H32N2O2. The number of nitrogens with one attached hydrogen (secondary N) is 2. The van der Waals surface area contributed by atoms with Gasteiger partial charge in [0.05, 0.1) is 0 Å². The van der Waals surface area contributed by atoms with Crippen molar-refractivity contribution >= 4 is 6.09 Å². The Morgan fingerprint density at radius 2 is 1.85 bits per heavy atom. The predicted octanol–water partition coefficient (Wildman–Crippen LogP) is 3.32. The molecule has 4 heteroatoms. The number of alkyl carbamates (subject to hydrolysis) is 1. The highest BCUT2D eigenvalue weighted by atomic mass is 16.6. The fourth-order valence-electron chi connectivity index (χ4n) is 2.63. The smallest absolute Gasteiger partial charge is 0.407 e. The second-order valence-electron chi connectivity index (χ2n) is 7.20. The van der Waals surface area contributed by atoms with E-state index in [0.29, 0.717) is 12.6 Å². The van der Waals surface area contributed by atoms with E-state index in [4.69, 9.17) is 4.74 Å². The van der Waals surface area contributed by atoms with Crippen LogP contribution < -0.4 is 10.6 Å². The van der Waals surface area contributed by atoms with Crippen LogP contribution in [0, 0.1) is 11.8 Å². The Balaban J connectivity index is 2.04. The molecule has 0 aromatic carbocycles. The SMILES string of the molecule is C[C@@H]1CC[C@H](NCCCNC(=O)OC(C)(C)C)C[C@H]1C. The molecule has 0 aromatic rings. The van der Waals surface area contributed by atoms with Crippen molar-refractivity contribution in [3.8, 4) is 0 Å². The van der Waals surface area contributed by atoms with E-state index in [1.807, 2.05) is 20.8 Å². The fraction of sp³-hybridized carbons (Fsp3) is 0.938. The zero-order valence-electron chi connectivity index (χ0n) is 13.8. The van der Waals surface area contributed by atoms with Crippen LogP contribution in [0.25, 0.3) is 0 Å². The molecule has 1 rings (SSSR count). The summed E-state index contributed by atoms with van der Waals surface area (Å²) in [6, 6.07) is 0.655. The first-order chi connectivity index (χ1) is 9.28. The molecule has 0 aromatic heterocycles. The first kappa shape index (κ1) is 17.3. The van der Waals surface area contributed by atoms with Gasteiger partial charge in [0, 0.05) is 12.6 Å². The van der Waals surface area contributed by atoms with Crippen LogP contribution in [0.2, 0.25) is 0 Å². The number of amides is 1. The lowest BCUT2D eigenvalue weighted by Gasteiger charge is -2.32. The third kappa shape index (κ3) is 7.13. The van der Waals surface area contributed by atoms with E-state index in [9.17, 15) is 4.79 Å². The van der Waals surface area contributed by atoms with Gasteiger partial charge in [-0.3, -0.25) is 0 Å². The van der Waals surface area contributed by atoms with Crippen molar-refractivity contribution in [1.29, 1.82) is 0 Å². The molecule has 1 aliphatic carbocycles. The Kier molecular flexibility index (Phi) is 6.80. The molecule has 0 saturated heterocycles. The number of carbonyl (C=O) groups is 1. The predicted molar refractivity (Wildman–Crippen MR) is 82.8 cm³/mol. The van der Waals surface area contributed by atoms with Gasteiger partial charge >= 0.3 is 6.09 Å². The summed E-state index contributed by atoms with van der Waals surface area (Å²) in [6.45, 7) is 12.0. The Hall–Kier alpha value is -0.770. The number of hydrogen-bond acceptors (Lipinski definition) is 3. The average Bonchev–Trinajstić information content (AvgIpc) is 2.31. The summed E-state index contributed by atoms with van der Waals surface area (Å²) < 4.78 is 5.19. The molecule has 1 aliphatic rings. The molecule has 0 heterocycles. The summed E-state index contributed by atoms with van der Waals surface area (Å²) in [7, 11) is 0. The second-order valence-corrected chi connectivity index (χ2v) is 7.20. The van der Waals surface area contributed by atoms with Crippen LogP contribution in [0.5, 0.6) is 0 Å². The van der Waals surface area contributed by atoms with Crippen LogP contribution in [0.1, 0.15) is 60.3 Å². The molecule has 0 aliphatic heterocycles. The highest BCUT2D eigenvalue weighted by Gasteiger charge is 2.23. The Morgan fingerprint density at radius 1 is 1.15 bits per heavy atom. The molecule has 4 nitrogen and oxygen atoms in total. The topological polar surface area (TPSA) is 50.4 Å². The summed E-state index contributed by atoms with van der Waals surface area (Å²) in [5.41, 5.74) is -0.419. The number of ether oxygens (including phenoxy) is 1. The van der Waals surface area contributed by atoms with Crippen molar-refractivity contribution in [3.63, 3.8) is 0 Å². The molecule has 2 N–H and O–H groups in total. The number of rotatable bonds is 5. The maximum atomic E-state index is 11.4. The first-order valence-electron chi connectivity index (χ1n) is 7.98. The molecule has 20 heavy (non-hydrogen) atoms. The molecule has 0 unspecified atom stereocenters. The van der Waals surface area contributed by atoms with Crippen LogP contribution in [-0.2, 0) is 4.74 Å². The van der Waals surface area contributed by atoms with E-state index in [-0.39, 0.29) is 6.09 Å². The molecule has 0 bridgehead atoms. The van der Waals surface area contributed by atoms with Gasteiger partial charge in [0.15, 0.2) is 0 Å². The van der Waals surface area contributed by atoms with Crippen molar-refractivity contribution in [2.75, 3.05) is 13.1 Å². The minimum atomic E-state index is -0.419. The van der Waals surface area contributed by atoms with E-state index in [0.717, 1.165) is 24.8 Å². The van der Waals surface area contributed by atoms with Crippen LogP contribution in [0.15, 0.2) is 0 Å². The van der Waals surface area contributed by atoms with Crippen molar-refractivity contribution in [1.82, 2.24) is 10.6 Å². The van der Waals surface area contributed by atoms with Crippen LogP contribution in [-0.4, -0.2) is 30.8 Å². The van der Waals surface area contributed by atoms with E-state index in [1.54, 1.807) is 0 Å². The normalized spacial score (nSPS) is 27.1. The van der Waals surface area contributed by atoms with E-state index < -0.39 is 5.60 Å². The Bertz CT molecular complexity index is 299. The first-order valence-corrected chi connectivity index (χ1v) is 7.98. The monoisotopic (exact) mass is 284 g/mol. The summed E-state index contributed by atoms with van der Waals surface area (Å²) in [4.78, 5) is 11.4. The minimum absolute atomic E-state index is 0.322. The van der Waals surface area contributed by atoms with Gasteiger partial charge in [-0.15, -0.1) is 0 Å². The molecule has 0 radical (unpaired) electrons. The van der Waals surface area contributed by atoms with Crippen molar-refractivity contribution in [3.05, 3.63) is 0 Å². The Labute approximate surface area is 124 Å². The molecule has 1 fully saturated rings. The van der Waals surface area contributed by atoms with Gasteiger partial charge in [-0.05, 0) is 64.8 Å². The van der Waals surface area contributed by atoms with Crippen LogP contribution in [0.4, 0.5) is 4.79 Å². The second kappa shape index (κ2) is 7.87. The van der Waals surface area contributed by atoms with Crippen molar-refractivity contribution in [2.45, 2.75) is 71.9 Å². The van der Waals surface area contributed by atoms with Crippen LogP contribution >= 0.6 is 0 Å². The maximum absolute atomic E-state index is 11.4. The van der Waals surface area contributed by atoms with Crippen molar-refractivity contribution in [2.24, 2.45) is 11.8 Å². The highest BCUT2D eigenvalue weighted by Crippen LogP contribution is 2.29. The molecule has 1 saturated carbocycles. The third-order valence-corrected chi connectivity index (χ3v) is 4.05. The zero-order chi connectivity index (χ0) is 15.2. The van der Waals surface area contributed by atoms with Gasteiger partial charge in [-0.2, -0.15) is 0 Å². The summed E-state index contributed by atoms with van der Waals surface area (Å²) in [6.07, 6.45) is 4.51. The minimum Gasteiger partial charge on any atom is -0.444 e. The fourth-order valence-corrected chi connectivity index (χ4v) is 2.63. The van der Waals surface area contributed by atoms with Gasteiger partial charge in [0.1, 0.15) is 5.60 Å². The molecule has 118 valence electrons. The Morgan fingerprint density at radius 3 is 2.45 bits per heavy atom. The maximum Gasteiger partial charge on any atom is 0.407 e. The van der Waals surface area contributed by atoms with Gasteiger partial charge in [-0.25, -0.2) is 4.79 Å². The number of carbonyl (C=O) groups excluding carboxylic acids is 1. The summed E-state index contributed by atoms with van der Waals surface area (Å²) in [5.74, 6) is 1.68. The number of hydrogen-bond donors (Lipinski definition) is 2.